The molecule has 82 valence electrons. The summed E-state index contributed by atoms with van der Waals surface area (Å²) in [5.41, 5.74) is -1.77. The lowest BCUT2D eigenvalue weighted by molar-refractivity contribution is -0.137. The molecule has 0 radical (unpaired) electrons. The Hall–Kier alpha value is -1.10. The van der Waals surface area contributed by atoms with Crippen LogP contribution >= 0.6 is 0 Å². The Balaban J connectivity index is 2.47. The Morgan fingerprint density at radius 3 is 2.40 bits per heavy atom. The minimum absolute atomic E-state index is 0.0303. The molecule has 0 saturated carbocycles. The highest BCUT2D eigenvalue weighted by molar-refractivity contribution is 5.33. The van der Waals surface area contributed by atoms with Crippen molar-refractivity contribution in [1.82, 2.24) is 0 Å². The van der Waals surface area contributed by atoms with Gasteiger partial charge in [0.25, 0.3) is 0 Å². The van der Waals surface area contributed by atoms with Gasteiger partial charge in [0, 0.05) is 5.56 Å². The van der Waals surface area contributed by atoms with Crippen LogP contribution in [0.3, 0.4) is 0 Å². The Morgan fingerprint density at radius 2 is 1.93 bits per heavy atom. The van der Waals surface area contributed by atoms with E-state index < -0.39 is 23.2 Å². The lowest BCUT2D eigenvalue weighted by Crippen LogP contribution is -2.11. The number of ether oxygens (including phenoxy) is 1. The molecule has 1 saturated heterocycles. The topological polar surface area (TPSA) is 12.5 Å². The second kappa shape index (κ2) is 2.95. The largest absolute Gasteiger partial charge is 0.416 e. The quantitative estimate of drug-likeness (QED) is 0.523. The fourth-order valence-corrected chi connectivity index (χ4v) is 1.37. The van der Waals surface area contributed by atoms with E-state index in [1.54, 1.807) is 6.92 Å². The first-order valence-corrected chi connectivity index (χ1v) is 4.34. The van der Waals surface area contributed by atoms with Crippen molar-refractivity contribution in [3.05, 3.63) is 35.1 Å². The summed E-state index contributed by atoms with van der Waals surface area (Å²) in [4.78, 5) is 0. The van der Waals surface area contributed by atoms with Crippen LogP contribution in [0.25, 0.3) is 0 Å². The molecule has 1 aliphatic heterocycles. The van der Waals surface area contributed by atoms with E-state index in [1.165, 1.54) is 0 Å². The van der Waals surface area contributed by atoms with E-state index >= 15 is 0 Å². The number of hydrogen-bond acceptors (Lipinski definition) is 1. The minimum Gasteiger partial charge on any atom is -0.365 e. The number of epoxide rings is 1. The zero-order chi connectivity index (χ0) is 11.3. The maximum atomic E-state index is 13.2. The smallest absolute Gasteiger partial charge is 0.365 e. The molecule has 0 amide bonds. The Labute approximate surface area is 83.7 Å². The lowest BCUT2D eigenvalue weighted by Gasteiger charge is -2.11. The van der Waals surface area contributed by atoms with Gasteiger partial charge in [0.2, 0.25) is 0 Å². The number of halogens is 4. The summed E-state index contributed by atoms with van der Waals surface area (Å²) >= 11 is 0. The van der Waals surface area contributed by atoms with E-state index in [0.717, 1.165) is 18.2 Å². The third-order valence-corrected chi connectivity index (χ3v) is 2.44. The van der Waals surface area contributed by atoms with Crippen molar-refractivity contribution in [3.8, 4) is 0 Å². The fraction of sp³-hybridized carbons (Fsp3) is 0.400. The second-order valence-electron chi connectivity index (χ2n) is 3.71. The summed E-state index contributed by atoms with van der Waals surface area (Å²) in [6.07, 6.45) is -4.45. The van der Waals surface area contributed by atoms with E-state index in [9.17, 15) is 17.6 Å². The van der Waals surface area contributed by atoms with Gasteiger partial charge in [-0.05, 0) is 25.1 Å². The summed E-state index contributed by atoms with van der Waals surface area (Å²) in [5.74, 6) is -0.664. The maximum absolute atomic E-state index is 13.2. The van der Waals surface area contributed by atoms with E-state index in [-0.39, 0.29) is 12.2 Å². The summed E-state index contributed by atoms with van der Waals surface area (Å²) < 4.78 is 55.2. The molecule has 1 aromatic rings. The van der Waals surface area contributed by atoms with Gasteiger partial charge in [0.15, 0.2) is 0 Å². The zero-order valence-corrected chi connectivity index (χ0v) is 7.86. The molecule has 2 rings (SSSR count). The number of alkyl halides is 3. The molecule has 1 heterocycles. The molecule has 1 aliphatic rings. The number of rotatable bonds is 1. The second-order valence-corrected chi connectivity index (χ2v) is 3.71. The molecule has 0 aromatic heterocycles. The van der Waals surface area contributed by atoms with Gasteiger partial charge < -0.3 is 4.74 Å². The number of hydrogen-bond donors (Lipinski definition) is 0. The molecule has 1 unspecified atom stereocenters. The average Bonchev–Trinajstić information content (AvgIpc) is 2.83. The van der Waals surface area contributed by atoms with Crippen LogP contribution in [0.15, 0.2) is 18.2 Å². The van der Waals surface area contributed by atoms with Crippen molar-refractivity contribution in [1.29, 1.82) is 0 Å². The SMILES string of the molecule is CC1(c2cc(C(F)(F)F)ccc2F)CO1. The molecule has 0 bridgehead atoms. The van der Waals surface area contributed by atoms with Crippen molar-refractivity contribution in [3.63, 3.8) is 0 Å². The highest BCUT2D eigenvalue weighted by Crippen LogP contribution is 2.41. The van der Waals surface area contributed by atoms with Gasteiger partial charge in [-0.2, -0.15) is 13.2 Å². The van der Waals surface area contributed by atoms with E-state index in [2.05, 4.69) is 0 Å². The molecule has 1 atom stereocenters. The molecule has 1 fully saturated rings. The van der Waals surface area contributed by atoms with Crippen LogP contribution in [-0.2, 0) is 16.5 Å². The van der Waals surface area contributed by atoms with Gasteiger partial charge in [-0.15, -0.1) is 0 Å². The van der Waals surface area contributed by atoms with Crippen LogP contribution in [0.2, 0.25) is 0 Å². The third-order valence-electron chi connectivity index (χ3n) is 2.44. The standard InChI is InChI=1S/C10H8F4O/c1-9(5-15-9)7-4-6(10(12,13)14)2-3-8(7)11/h2-4H,5H2,1H3. The van der Waals surface area contributed by atoms with Crippen molar-refractivity contribution in [2.24, 2.45) is 0 Å². The maximum Gasteiger partial charge on any atom is 0.416 e. The first kappa shape index (κ1) is 10.4. The van der Waals surface area contributed by atoms with Gasteiger partial charge >= 0.3 is 6.18 Å². The van der Waals surface area contributed by atoms with Crippen molar-refractivity contribution < 1.29 is 22.3 Å². The molecule has 1 aromatic carbocycles. The summed E-state index contributed by atoms with van der Waals surface area (Å²) in [6, 6.07) is 2.36. The predicted molar refractivity (Wildman–Crippen MR) is 44.7 cm³/mol. The summed E-state index contributed by atoms with van der Waals surface area (Å²) in [7, 11) is 0. The average molecular weight is 220 g/mol. The lowest BCUT2D eigenvalue weighted by atomic mass is 9.99. The van der Waals surface area contributed by atoms with Crippen LogP contribution in [0.4, 0.5) is 17.6 Å². The predicted octanol–water partition coefficient (Wildman–Crippen LogP) is 3.09. The van der Waals surface area contributed by atoms with Crippen LogP contribution < -0.4 is 0 Å². The summed E-state index contributed by atoms with van der Waals surface area (Å²) in [6.45, 7) is 1.82. The third kappa shape index (κ3) is 1.84. The Kier molecular flexibility index (Phi) is 2.05. The Bertz CT molecular complexity index is 393. The van der Waals surface area contributed by atoms with Gasteiger partial charge in [-0.3, -0.25) is 0 Å². The molecule has 0 spiro atoms. The van der Waals surface area contributed by atoms with E-state index in [4.69, 9.17) is 4.74 Å². The zero-order valence-electron chi connectivity index (χ0n) is 7.86. The van der Waals surface area contributed by atoms with Crippen molar-refractivity contribution >= 4 is 0 Å². The monoisotopic (exact) mass is 220 g/mol. The highest BCUT2D eigenvalue weighted by Gasteiger charge is 2.44. The molecule has 5 heteroatoms. The number of benzene rings is 1. The molecule has 0 aliphatic carbocycles. The minimum atomic E-state index is -4.45. The molecule has 1 nitrogen and oxygen atoms in total. The van der Waals surface area contributed by atoms with Gasteiger partial charge in [-0.25, -0.2) is 4.39 Å². The van der Waals surface area contributed by atoms with Crippen molar-refractivity contribution in [2.45, 2.75) is 18.7 Å². The fourth-order valence-electron chi connectivity index (χ4n) is 1.37. The molecule has 15 heavy (non-hydrogen) atoms. The van der Waals surface area contributed by atoms with Crippen LogP contribution in [-0.4, -0.2) is 6.61 Å². The molecular formula is C10H8F4O. The van der Waals surface area contributed by atoms with Gasteiger partial charge in [-0.1, -0.05) is 0 Å². The van der Waals surface area contributed by atoms with E-state index in [1.807, 2.05) is 0 Å². The van der Waals surface area contributed by atoms with Gasteiger partial charge in [0.05, 0.1) is 12.2 Å². The Morgan fingerprint density at radius 1 is 1.33 bits per heavy atom. The van der Waals surface area contributed by atoms with Crippen LogP contribution in [0.5, 0.6) is 0 Å². The first-order chi connectivity index (χ1) is 6.83. The molecule has 0 N–H and O–H groups in total. The summed E-state index contributed by atoms with van der Waals surface area (Å²) in [5, 5.41) is 0. The highest BCUT2D eigenvalue weighted by atomic mass is 19.4. The van der Waals surface area contributed by atoms with E-state index in [0.29, 0.717) is 0 Å². The van der Waals surface area contributed by atoms with Crippen molar-refractivity contribution in [2.75, 3.05) is 6.61 Å². The molecular weight excluding hydrogens is 212 g/mol. The van der Waals surface area contributed by atoms with Crippen LogP contribution in [0, 0.1) is 5.82 Å². The van der Waals surface area contributed by atoms with Crippen LogP contribution in [0.1, 0.15) is 18.1 Å². The first-order valence-electron chi connectivity index (χ1n) is 4.34. The normalized spacial score (nSPS) is 25.4. The van der Waals surface area contributed by atoms with Gasteiger partial charge in [0.1, 0.15) is 11.4 Å².